The largest absolute Gasteiger partial charge is 0.220 e. The number of aromatic nitrogens is 3. The maximum Gasteiger partial charge on any atom is 0.132 e. The fourth-order valence-corrected chi connectivity index (χ4v) is 2.95. The lowest BCUT2D eigenvalue weighted by Crippen LogP contribution is -2.01. The Morgan fingerprint density at radius 3 is 2.89 bits per heavy atom. The second-order valence-corrected chi connectivity index (χ2v) is 5.52. The van der Waals surface area contributed by atoms with E-state index in [0.717, 1.165) is 23.5 Å². The number of thioether (sulfide) groups is 1. The van der Waals surface area contributed by atoms with Gasteiger partial charge in [-0.1, -0.05) is 11.3 Å². The molecule has 5 heteroatoms. The third-order valence-electron chi connectivity index (χ3n) is 3.07. The molecule has 1 aromatic heterocycles. The second kappa shape index (κ2) is 5.17. The van der Waals surface area contributed by atoms with Crippen LogP contribution in [-0.4, -0.2) is 26.5 Å². The van der Waals surface area contributed by atoms with Crippen molar-refractivity contribution in [2.75, 3.05) is 11.5 Å². The Balaban J connectivity index is 1.95. The van der Waals surface area contributed by atoms with E-state index < -0.39 is 0 Å². The first-order valence-electron chi connectivity index (χ1n) is 6.05. The minimum Gasteiger partial charge on any atom is -0.220 e. The molecule has 0 N–H and O–H groups in total. The van der Waals surface area contributed by atoms with Gasteiger partial charge in [0.05, 0.1) is 17.6 Å². The molecule has 1 radical (unpaired) electrons. The van der Waals surface area contributed by atoms with Gasteiger partial charge in [-0.25, -0.2) is 9.07 Å². The summed E-state index contributed by atoms with van der Waals surface area (Å²) in [5.74, 6) is 1.81. The molecule has 1 aromatic carbocycles. The van der Waals surface area contributed by atoms with Gasteiger partial charge in [-0.2, -0.15) is 11.8 Å². The lowest BCUT2D eigenvalue weighted by molar-refractivity contribution is 0.620. The fraction of sp³-hybridized carbons (Fsp3) is 0.214. The summed E-state index contributed by atoms with van der Waals surface area (Å²) in [6.07, 6.45) is 4.70. The first-order valence-corrected chi connectivity index (χ1v) is 7.21. The van der Waals surface area contributed by atoms with Crippen LogP contribution in [0.3, 0.4) is 0 Å². The third-order valence-corrected chi connectivity index (χ3v) is 3.96. The van der Waals surface area contributed by atoms with Gasteiger partial charge >= 0.3 is 0 Å². The number of hydrogen-bond donors (Lipinski definition) is 0. The number of benzene rings is 1. The summed E-state index contributed by atoms with van der Waals surface area (Å²) in [6.45, 7) is 3.68. The summed E-state index contributed by atoms with van der Waals surface area (Å²) in [5.41, 5.74) is 3.02. The number of nitrogens with zero attached hydrogens (tertiary/aromatic N) is 3. The van der Waals surface area contributed by atoms with E-state index in [1.807, 2.05) is 23.9 Å². The van der Waals surface area contributed by atoms with Crippen LogP contribution < -0.4 is 0 Å². The van der Waals surface area contributed by atoms with E-state index >= 15 is 0 Å². The van der Waals surface area contributed by atoms with Gasteiger partial charge in [0.25, 0.3) is 0 Å². The predicted molar refractivity (Wildman–Crippen MR) is 75.7 cm³/mol. The van der Waals surface area contributed by atoms with Crippen LogP contribution in [-0.2, 0) is 0 Å². The van der Waals surface area contributed by atoms with Crippen LogP contribution in [0.25, 0.3) is 11.3 Å². The highest BCUT2D eigenvalue weighted by molar-refractivity contribution is 7.99. The highest BCUT2D eigenvalue weighted by Crippen LogP contribution is 2.28. The van der Waals surface area contributed by atoms with Crippen molar-refractivity contribution >= 4 is 17.3 Å². The van der Waals surface area contributed by atoms with Gasteiger partial charge in [0, 0.05) is 17.4 Å². The number of rotatable bonds is 2. The van der Waals surface area contributed by atoms with Crippen molar-refractivity contribution in [1.82, 2.24) is 15.0 Å². The van der Waals surface area contributed by atoms with Gasteiger partial charge < -0.3 is 0 Å². The molecule has 0 saturated heterocycles. The van der Waals surface area contributed by atoms with Crippen molar-refractivity contribution in [3.8, 4) is 5.69 Å². The zero-order valence-corrected chi connectivity index (χ0v) is 11.2. The first kappa shape index (κ1) is 12.4. The van der Waals surface area contributed by atoms with Crippen molar-refractivity contribution in [2.45, 2.75) is 6.42 Å². The molecule has 0 bridgehead atoms. The maximum absolute atomic E-state index is 14.2. The molecule has 1 aliphatic rings. The van der Waals surface area contributed by atoms with Gasteiger partial charge in [0.1, 0.15) is 5.82 Å². The van der Waals surface area contributed by atoms with Gasteiger partial charge in [-0.15, -0.1) is 5.10 Å². The van der Waals surface area contributed by atoms with E-state index in [1.165, 1.54) is 10.7 Å². The highest BCUT2D eigenvalue weighted by atomic mass is 32.2. The zero-order valence-electron chi connectivity index (χ0n) is 10.3. The molecule has 3 rings (SSSR count). The van der Waals surface area contributed by atoms with E-state index in [0.29, 0.717) is 16.9 Å². The molecule has 2 aromatic rings. The smallest absolute Gasteiger partial charge is 0.132 e. The molecule has 0 fully saturated rings. The fourth-order valence-electron chi connectivity index (χ4n) is 2.10. The molecule has 3 nitrogen and oxygen atoms in total. The van der Waals surface area contributed by atoms with Gasteiger partial charge in [-0.05, 0) is 36.8 Å². The summed E-state index contributed by atoms with van der Waals surface area (Å²) < 4.78 is 15.7. The summed E-state index contributed by atoms with van der Waals surface area (Å²) in [4.78, 5) is 0. The van der Waals surface area contributed by atoms with Crippen LogP contribution in [0.5, 0.6) is 0 Å². The Morgan fingerprint density at radius 1 is 1.37 bits per heavy atom. The van der Waals surface area contributed by atoms with Gasteiger partial charge in [-0.3, -0.25) is 0 Å². The number of halogens is 1. The summed E-state index contributed by atoms with van der Waals surface area (Å²) in [5, 5.41) is 7.69. The Hall–Kier alpha value is -1.62. The van der Waals surface area contributed by atoms with Crippen LogP contribution in [0.1, 0.15) is 17.7 Å². The van der Waals surface area contributed by atoms with Crippen molar-refractivity contribution in [3.05, 3.63) is 54.5 Å². The molecule has 0 unspecified atom stereocenters. The Kier molecular flexibility index (Phi) is 3.38. The number of hydrogen-bond acceptors (Lipinski definition) is 3. The molecule has 0 amide bonds. The Labute approximate surface area is 115 Å². The van der Waals surface area contributed by atoms with Crippen molar-refractivity contribution in [2.24, 2.45) is 0 Å². The second-order valence-electron chi connectivity index (χ2n) is 4.37. The number of allylic oxidation sites excluding steroid dienone is 1. The molecular formula is C14H13FN3S. The molecule has 0 spiro atoms. The van der Waals surface area contributed by atoms with Crippen molar-refractivity contribution in [1.29, 1.82) is 0 Å². The average Bonchev–Trinajstić information content (AvgIpc) is 2.86. The van der Waals surface area contributed by atoms with Crippen molar-refractivity contribution < 1.29 is 4.39 Å². The minimum absolute atomic E-state index is 0.211. The van der Waals surface area contributed by atoms with Crippen molar-refractivity contribution in [3.63, 3.8) is 0 Å². The molecule has 0 atom stereocenters. The quantitative estimate of drug-likeness (QED) is 0.843. The molecule has 19 heavy (non-hydrogen) atoms. The van der Waals surface area contributed by atoms with E-state index in [-0.39, 0.29) is 5.82 Å². The minimum atomic E-state index is -0.211. The summed E-state index contributed by atoms with van der Waals surface area (Å²) in [7, 11) is 0. The third kappa shape index (κ3) is 2.56. The highest BCUT2D eigenvalue weighted by Gasteiger charge is 2.12. The normalized spacial score (nSPS) is 15.4. The predicted octanol–water partition coefficient (Wildman–Crippen LogP) is 3.11. The SMILES string of the molecule is [CH2]c1cn(-c2ccc(C3=CCSCC3)c(F)c2)nn1. The van der Waals surface area contributed by atoms with E-state index in [2.05, 4.69) is 23.3 Å². The topological polar surface area (TPSA) is 30.7 Å². The van der Waals surface area contributed by atoms with Crippen LogP contribution >= 0.6 is 11.8 Å². The maximum atomic E-state index is 14.2. The molecule has 97 valence electrons. The molecular weight excluding hydrogens is 261 g/mol. The van der Waals surface area contributed by atoms with E-state index in [1.54, 1.807) is 6.20 Å². The summed E-state index contributed by atoms with van der Waals surface area (Å²) >= 11 is 1.87. The van der Waals surface area contributed by atoms with Gasteiger partial charge in [0.2, 0.25) is 0 Å². The van der Waals surface area contributed by atoms with Crippen LogP contribution in [0.2, 0.25) is 0 Å². The standard InChI is InChI=1S/C14H13FN3S/c1-10-9-18(17-16-10)12-2-3-13(14(15)8-12)11-4-6-19-7-5-11/h2-4,8-9H,1,5-7H2. The Bertz CT molecular complexity index is 633. The molecule has 1 aliphatic heterocycles. The Morgan fingerprint density at radius 2 is 2.26 bits per heavy atom. The van der Waals surface area contributed by atoms with Crippen LogP contribution in [0.15, 0.2) is 30.5 Å². The monoisotopic (exact) mass is 274 g/mol. The summed E-state index contributed by atoms with van der Waals surface area (Å²) in [6, 6.07) is 5.16. The molecule has 0 saturated carbocycles. The molecule has 2 heterocycles. The van der Waals surface area contributed by atoms with E-state index in [4.69, 9.17) is 0 Å². The average molecular weight is 274 g/mol. The zero-order chi connectivity index (χ0) is 13.2. The van der Waals surface area contributed by atoms with E-state index in [9.17, 15) is 4.39 Å². The van der Waals surface area contributed by atoms with Crippen LogP contribution in [0, 0.1) is 12.7 Å². The lowest BCUT2D eigenvalue weighted by atomic mass is 10.0. The lowest BCUT2D eigenvalue weighted by Gasteiger charge is -2.14. The first-order chi connectivity index (χ1) is 9.24. The van der Waals surface area contributed by atoms with Gasteiger partial charge in [0.15, 0.2) is 0 Å². The molecule has 0 aliphatic carbocycles. The van der Waals surface area contributed by atoms with Crippen LogP contribution in [0.4, 0.5) is 4.39 Å².